The van der Waals surface area contributed by atoms with E-state index in [1.165, 1.54) is 0 Å². The van der Waals surface area contributed by atoms with Crippen LogP contribution in [0, 0.1) is 0 Å². The summed E-state index contributed by atoms with van der Waals surface area (Å²) in [6, 6.07) is 8.25. The molecule has 1 aromatic carbocycles. The minimum atomic E-state index is -2.77. The maximum atomic E-state index is 12.2. The highest BCUT2D eigenvalue weighted by Crippen LogP contribution is 2.22. The smallest absolute Gasteiger partial charge is 0.314 e. The van der Waals surface area contributed by atoms with Gasteiger partial charge in [-0.25, -0.2) is 0 Å². The second-order valence-corrected chi connectivity index (χ2v) is 3.17. The van der Waals surface area contributed by atoms with E-state index >= 15 is 0 Å². The molecule has 16 heavy (non-hydrogen) atoms. The van der Waals surface area contributed by atoms with Gasteiger partial charge < -0.3 is 10.2 Å². The Kier molecular flexibility index (Phi) is 2.91. The molecule has 1 aromatic heterocycles. The quantitative estimate of drug-likeness (QED) is 0.868. The monoisotopic (exact) mass is 225 g/mol. The van der Waals surface area contributed by atoms with Gasteiger partial charge in [0.1, 0.15) is 6.04 Å². The Balaban J connectivity index is 2.24. The van der Waals surface area contributed by atoms with Gasteiger partial charge in [0.15, 0.2) is 0 Å². The first-order chi connectivity index (χ1) is 7.68. The SMILES string of the molecule is NC(c1ccccc1)c1nnc(C(F)F)o1. The molecular formula is C10H9F2N3O. The molecule has 0 saturated carbocycles. The lowest BCUT2D eigenvalue weighted by molar-refractivity contribution is 0.113. The van der Waals surface area contributed by atoms with E-state index in [0.717, 1.165) is 5.56 Å². The number of nitrogens with two attached hydrogens (primary N) is 1. The Morgan fingerprint density at radius 2 is 1.69 bits per heavy atom. The number of halogens is 2. The number of hydrogen-bond acceptors (Lipinski definition) is 4. The maximum Gasteiger partial charge on any atom is 0.314 e. The third-order valence-corrected chi connectivity index (χ3v) is 2.07. The molecule has 2 rings (SSSR count). The molecule has 0 aliphatic heterocycles. The van der Waals surface area contributed by atoms with E-state index in [1.807, 2.05) is 6.07 Å². The van der Waals surface area contributed by atoms with Crippen molar-refractivity contribution in [2.75, 3.05) is 0 Å². The lowest BCUT2D eigenvalue weighted by Gasteiger charge is -2.05. The van der Waals surface area contributed by atoms with Crippen molar-refractivity contribution >= 4 is 0 Å². The van der Waals surface area contributed by atoms with Gasteiger partial charge in [-0.2, -0.15) is 8.78 Å². The Labute approximate surface area is 90.1 Å². The Bertz CT molecular complexity index is 458. The van der Waals surface area contributed by atoms with Crippen LogP contribution in [0.25, 0.3) is 0 Å². The van der Waals surface area contributed by atoms with Crippen molar-refractivity contribution < 1.29 is 13.2 Å². The van der Waals surface area contributed by atoms with Crippen LogP contribution in [0.4, 0.5) is 8.78 Å². The zero-order chi connectivity index (χ0) is 11.5. The van der Waals surface area contributed by atoms with Crippen LogP contribution >= 0.6 is 0 Å². The number of alkyl halides is 2. The van der Waals surface area contributed by atoms with Crippen LogP contribution in [0.5, 0.6) is 0 Å². The molecular weight excluding hydrogens is 216 g/mol. The van der Waals surface area contributed by atoms with Crippen molar-refractivity contribution in [1.29, 1.82) is 0 Å². The summed E-state index contributed by atoms with van der Waals surface area (Å²) < 4.78 is 29.2. The molecule has 1 heterocycles. The molecule has 0 spiro atoms. The van der Waals surface area contributed by atoms with Crippen LogP contribution in [-0.2, 0) is 0 Å². The first kappa shape index (κ1) is 10.7. The zero-order valence-corrected chi connectivity index (χ0v) is 8.18. The van der Waals surface area contributed by atoms with E-state index in [9.17, 15) is 8.78 Å². The van der Waals surface area contributed by atoms with E-state index in [1.54, 1.807) is 24.3 Å². The van der Waals surface area contributed by atoms with Crippen molar-refractivity contribution in [3.05, 3.63) is 47.7 Å². The van der Waals surface area contributed by atoms with Crippen LogP contribution in [0.3, 0.4) is 0 Å². The van der Waals surface area contributed by atoms with Gasteiger partial charge in [-0.3, -0.25) is 0 Å². The topological polar surface area (TPSA) is 64.9 Å². The molecule has 6 heteroatoms. The zero-order valence-electron chi connectivity index (χ0n) is 8.18. The number of aromatic nitrogens is 2. The molecule has 0 saturated heterocycles. The first-order valence-corrected chi connectivity index (χ1v) is 4.60. The summed E-state index contributed by atoms with van der Waals surface area (Å²) in [5, 5.41) is 6.71. The number of rotatable bonds is 3. The third kappa shape index (κ3) is 2.06. The second-order valence-electron chi connectivity index (χ2n) is 3.17. The number of nitrogens with zero attached hydrogens (tertiary/aromatic N) is 2. The van der Waals surface area contributed by atoms with Gasteiger partial charge in [-0.1, -0.05) is 30.3 Å². The van der Waals surface area contributed by atoms with Crippen LogP contribution in [0.2, 0.25) is 0 Å². The molecule has 2 aromatic rings. The van der Waals surface area contributed by atoms with Gasteiger partial charge in [0.05, 0.1) is 0 Å². The third-order valence-electron chi connectivity index (χ3n) is 2.07. The highest BCUT2D eigenvalue weighted by Gasteiger charge is 2.20. The summed E-state index contributed by atoms with van der Waals surface area (Å²) in [6.07, 6.45) is -2.77. The van der Waals surface area contributed by atoms with Gasteiger partial charge in [-0.15, -0.1) is 10.2 Å². The fourth-order valence-corrected chi connectivity index (χ4v) is 1.26. The largest absolute Gasteiger partial charge is 0.418 e. The number of hydrogen-bond donors (Lipinski definition) is 1. The molecule has 2 N–H and O–H groups in total. The average molecular weight is 225 g/mol. The van der Waals surface area contributed by atoms with Gasteiger partial charge in [0, 0.05) is 0 Å². The molecule has 0 radical (unpaired) electrons. The summed E-state index contributed by atoms with van der Waals surface area (Å²) in [7, 11) is 0. The maximum absolute atomic E-state index is 12.2. The fourth-order valence-electron chi connectivity index (χ4n) is 1.26. The lowest BCUT2D eigenvalue weighted by atomic mass is 10.1. The van der Waals surface area contributed by atoms with E-state index < -0.39 is 18.4 Å². The van der Waals surface area contributed by atoms with Crippen molar-refractivity contribution in [2.45, 2.75) is 12.5 Å². The Hall–Kier alpha value is -1.82. The predicted molar refractivity (Wildman–Crippen MR) is 51.7 cm³/mol. The van der Waals surface area contributed by atoms with Gasteiger partial charge in [-0.05, 0) is 5.56 Å². The van der Waals surface area contributed by atoms with Crippen LogP contribution in [-0.4, -0.2) is 10.2 Å². The number of benzene rings is 1. The van der Waals surface area contributed by atoms with E-state index in [-0.39, 0.29) is 5.89 Å². The summed E-state index contributed by atoms with van der Waals surface area (Å²) in [6.45, 7) is 0. The van der Waals surface area contributed by atoms with Gasteiger partial charge >= 0.3 is 6.43 Å². The minimum absolute atomic E-state index is 0.0125. The molecule has 0 amide bonds. The van der Waals surface area contributed by atoms with E-state index in [2.05, 4.69) is 10.2 Å². The standard InChI is InChI=1S/C10H9F2N3O/c11-8(12)10-15-14-9(16-10)7(13)6-4-2-1-3-5-6/h1-5,7-8H,13H2. The van der Waals surface area contributed by atoms with Crippen LogP contribution < -0.4 is 5.73 Å². The Morgan fingerprint density at radius 3 is 2.25 bits per heavy atom. The average Bonchev–Trinajstić information content (AvgIpc) is 2.78. The molecule has 84 valence electrons. The van der Waals surface area contributed by atoms with Crippen molar-refractivity contribution in [3.8, 4) is 0 Å². The molecule has 1 atom stereocenters. The predicted octanol–water partition coefficient (Wildman–Crippen LogP) is 2.06. The van der Waals surface area contributed by atoms with Crippen LogP contribution in [0.1, 0.15) is 29.8 Å². The molecule has 1 unspecified atom stereocenters. The summed E-state index contributed by atoms with van der Waals surface area (Å²) in [4.78, 5) is 0. The molecule has 4 nitrogen and oxygen atoms in total. The second kappa shape index (κ2) is 4.36. The van der Waals surface area contributed by atoms with Gasteiger partial charge in [0.25, 0.3) is 5.89 Å². The first-order valence-electron chi connectivity index (χ1n) is 4.60. The van der Waals surface area contributed by atoms with Gasteiger partial charge in [0.2, 0.25) is 5.89 Å². The highest BCUT2D eigenvalue weighted by molar-refractivity contribution is 5.22. The lowest BCUT2D eigenvalue weighted by Crippen LogP contribution is -2.11. The van der Waals surface area contributed by atoms with E-state index in [4.69, 9.17) is 10.2 Å². The highest BCUT2D eigenvalue weighted by atomic mass is 19.3. The summed E-state index contributed by atoms with van der Waals surface area (Å²) in [5.74, 6) is -0.720. The summed E-state index contributed by atoms with van der Waals surface area (Å²) in [5.41, 5.74) is 6.52. The molecule has 0 bridgehead atoms. The normalized spacial score (nSPS) is 13.0. The fraction of sp³-hybridized carbons (Fsp3) is 0.200. The molecule has 0 aliphatic rings. The summed E-state index contributed by atoms with van der Waals surface area (Å²) >= 11 is 0. The Morgan fingerprint density at radius 1 is 1.06 bits per heavy atom. The molecule has 0 aliphatic carbocycles. The van der Waals surface area contributed by atoms with Crippen molar-refractivity contribution in [3.63, 3.8) is 0 Å². The van der Waals surface area contributed by atoms with E-state index in [0.29, 0.717) is 0 Å². The molecule has 0 fully saturated rings. The minimum Gasteiger partial charge on any atom is -0.418 e. The van der Waals surface area contributed by atoms with Crippen LogP contribution in [0.15, 0.2) is 34.7 Å². The van der Waals surface area contributed by atoms with Crippen molar-refractivity contribution in [1.82, 2.24) is 10.2 Å². The van der Waals surface area contributed by atoms with Crippen molar-refractivity contribution in [2.24, 2.45) is 5.73 Å².